The molecule has 24 heavy (non-hydrogen) atoms. The first-order valence-electron chi connectivity index (χ1n) is 8.64. The van der Waals surface area contributed by atoms with E-state index >= 15 is 0 Å². The molecule has 2 saturated heterocycles. The number of methoxy groups -OCH3 is 1. The highest BCUT2D eigenvalue weighted by Gasteiger charge is 2.51. The summed E-state index contributed by atoms with van der Waals surface area (Å²) in [4.78, 5) is 11.9. The predicted molar refractivity (Wildman–Crippen MR) is 87.1 cm³/mol. The Balaban J connectivity index is 1.73. The molecule has 0 unspecified atom stereocenters. The molecule has 0 bridgehead atoms. The second kappa shape index (κ2) is 5.74. The predicted octanol–water partition coefficient (Wildman–Crippen LogP) is 3.13. The largest absolute Gasteiger partial charge is 0.487 e. The molecule has 2 fully saturated rings. The Morgan fingerprint density at radius 2 is 2.17 bits per heavy atom. The van der Waals surface area contributed by atoms with Gasteiger partial charge < -0.3 is 18.9 Å². The molecule has 0 N–H and O–H groups in total. The molecule has 3 heterocycles. The number of benzene rings is 1. The minimum atomic E-state index is -0.334. The van der Waals surface area contributed by atoms with Crippen molar-refractivity contribution in [2.75, 3.05) is 20.3 Å². The van der Waals surface area contributed by atoms with E-state index in [0.29, 0.717) is 11.5 Å². The van der Waals surface area contributed by atoms with E-state index in [1.54, 1.807) is 6.07 Å². The number of rotatable bonds is 1. The standard InChI is InChI=1S/C19H24O5/c1-19(2)14-9-12-10-22-7-6-15(12)23-17(14)13-8-11(18(20)21-3)4-5-16(13)24-19/h4-5,8,12,14-15,17H,6-7,9-10H2,1-3H3/t12-,14+,15+,17-/m1/s1. The van der Waals surface area contributed by atoms with Crippen LogP contribution in [0, 0.1) is 11.8 Å². The van der Waals surface area contributed by atoms with Crippen LogP contribution in [0.4, 0.5) is 0 Å². The van der Waals surface area contributed by atoms with E-state index in [1.807, 2.05) is 12.1 Å². The van der Waals surface area contributed by atoms with Gasteiger partial charge in [-0.3, -0.25) is 0 Å². The third kappa shape index (κ3) is 2.50. The first-order chi connectivity index (χ1) is 11.5. The Hall–Kier alpha value is -1.59. The fourth-order valence-corrected chi connectivity index (χ4v) is 4.32. The van der Waals surface area contributed by atoms with Crippen molar-refractivity contribution in [1.29, 1.82) is 0 Å². The minimum absolute atomic E-state index is 0.0484. The summed E-state index contributed by atoms with van der Waals surface area (Å²) >= 11 is 0. The maximum atomic E-state index is 11.9. The Bertz CT molecular complexity index is 653. The van der Waals surface area contributed by atoms with Crippen molar-refractivity contribution in [2.45, 2.75) is 44.5 Å². The van der Waals surface area contributed by atoms with Gasteiger partial charge in [-0.05, 0) is 44.9 Å². The average molecular weight is 332 g/mol. The van der Waals surface area contributed by atoms with Crippen molar-refractivity contribution in [3.05, 3.63) is 29.3 Å². The van der Waals surface area contributed by atoms with Crippen LogP contribution in [-0.4, -0.2) is 38.0 Å². The summed E-state index contributed by atoms with van der Waals surface area (Å²) in [6.07, 6.45) is 2.13. The highest BCUT2D eigenvalue weighted by atomic mass is 16.5. The molecule has 0 saturated carbocycles. The van der Waals surface area contributed by atoms with Gasteiger partial charge >= 0.3 is 5.97 Å². The summed E-state index contributed by atoms with van der Waals surface area (Å²) in [5.41, 5.74) is 1.19. The maximum absolute atomic E-state index is 11.9. The number of hydrogen-bond acceptors (Lipinski definition) is 5. The average Bonchev–Trinajstić information content (AvgIpc) is 2.59. The van der Waals surface area contributed by atoms with Crippen molar-refractivity contribution in [2.24, 2.45) is 11.8 Å². The first kappa shape index (κ1) is 15.9. The molecule has 0 radical (unpaired) electrons. The molecule has 4 rings (SSSR count). The zero-order valence-corrected chi connectivity index (χ0v) is 14.4. The third-order valence-electron chi connectivity index (χ3n) is 5.65. The van der Waals surface area contributed by atoms with Crippen molar-refractivity contribution >= 4 is 5.97 Å². The SMILES string of the molecule is COC(=O)c1ccc2c(c1)[C@H]1O[C@H]3CCOC[C@H]3C[C@@H]1C(C)(C)O2. The van der Waals surface area contributed by atoms with Crippen LogP contribution < -0.4 is 4.74 Å². The zero-order chi connectivity index (χ0) is 16.9. The Labute approximate surface area is 142 Å². The quantitative estimate of drug-likeness (QED) is 0.740. The zero-order valence-electron chi connectivity index (χ0n) is 14.4. The highest BCUT2D eigenvalue weighted by molar-refractivity contribution is 5.89. The van der Waals surface area contributed by atoms with E-state index in [9.17, 15) is 4.79 Å². The molecule has 0 aromatic heterocycles. The lowest BCUT2D eigenvalue weighted by molar-refractivity contribution is -0.200. The Morgan fingerprint density at radius 3 is 2.96 bits per heavy atom. The van der Waals surface area contributed by atoms with E-state index in [2.05, 4.69) is 13.8 Å². The van der Waals surface area contributed by atoms with E-state index in [0.717, 1.165) is 37.4 Å². The molecule has 5 heteroatoms. The summed E-state index contributed by atoms with van der Waals surface area (Å²) < 4.78 is 23.3. The monoisotopic (exact) mass is 332 g/mol. The van der Waals surface area contributed by atoms with Gasteiger partial charge in [-0.2, -0.15) is 0 Å². The number of fused-ring (bicyclic) bond motifs is 4. The molecular formula is C19H24O5. The van der Waals surface area contributed by atoms with Crippen LogP contribution in [0.15, 0.2) is 18.2 Å². The second-order valence-electron chi connectivity index (χ2n) is 7.51. The van der Waals surface area contributed by atoms with Crippen LogP contribution in [-0.2, 0) is 14.2 Å². The summed E-state index contributed by atoms with van der Waals surface area (Å²) in [5, 5.41) is 0. The fraction of sp³-hybridized carbons (Fsp3) is 0.632. The van der Waals surface area contributed by atoms with Gasteiger partial charge in [0.05, 0.1) is 31.5 Å². The van der Waals surface area contributed by atoms with Crippen LogP contribution >= 0.6 is 0 Å². The lowest BCUT2D eigenvalue weighted by atomic mass is 9.71. The Kier molecular flexibility index (Phi) is 3.81. The smallest absolute Gasteiger partial charge is 0.337 e. The molecule has 1 aromatic rings. The number of carbonyl (C=O) groups excluding carboxylic acids is 1. The molecule has 3 aliphatic heterocycles. The molecule has 0 spiro atoms. The summed E-state index contributed by atoms with van der Waals surface area (Å²) in [6.45, 7) is 5.76. The lowest BCUT2D eigenvalue weighted by Gasteiger charge is -2.52. The molecule has 4 atom stereocenters. The van der Waals surface area contributed by atoms with Gasteiger partial charge in [0.25, 0.3) is 0 Å². The van der Waals surface area contributed by atoms with Gasteiger partial charge in [-0.25, -0.2) is 4.79 Å². The fourth-order valence-electron chi connectivity index (χ4n) is 4.32. The van der Waals surface area contributed by atoms with Crippen LogP contribution in [0.25, 0.3) is 0 Å². The van der Waals surface area contributed by atoms with E-state index in [1.165, 1.54) is 7.11 Å². The van der Waals surface area contributed by atoms with Crippen LogP contribution in [0.5, 0.6) is 5.75 Å². The lowest BCUT2D eigenvalue weighted by Crippen LogP contribution is -2.52. The maximum Gasteiger partial charge on any atom is 0.337 e. The normalized spacial score (nSPS) is 33.5. The molecule has 130 valence electrons. The van der Waals surface area contributed by atoms with Gasteiger partial charge in [-0.15, -0.1) is 0 Å². The summed E-state index contributed by atoms with van der Waals surface area (Å²) in [7, 11) is 1.40. The van der Waals surface area contributed by atoms with Crippen LogP contribution in [0.3, 0.4) is 0 Å². The van der Waals surface area contributed by atoms with E-state index in [-0.39, 0.29) is 29.7 Å². The second-order valence-corrected chi connectivity index (χ2v) is 7.51. The number of carbonyl (C=O) groups is 1. The number of esters is 1. The molecular weight excluding hydrogens is 308 g/mol. The topological polar surface area (TPSA) is 54.0 Å². The number of ether oxygens (including phenoxy) is 4. The van der Waals surface area contributed by atoms with Gasteiger partial charge in [0, 0.05) is 24.0 Å². The molecule has 5 nitrogen and oxygen atoms in total. The van der Waals surface area contributed by atoms with Crippen LogP contribution in [0.2, 0.25) is 0 Å². The highest BCUT2D eigenvalue weighted by Crippen LogP contribution is 2.52. The minimum Gasteiger partial charge on any atom is -0.487 e. The van der Waals surface area contributed by atoms with Crippen LogP contribution in [0.1, 0.15) is 48.7 Å². The van der Waals surface area contributed by atoms with Gasteiger partial charge in [-0.1, -0.05) is 0 Å². The van der Waals surface area contributed by atoms with Gasteiger partial charge in [0.2, 0.25) is 0 Å². The van der Waals surface area contributed by atoms with Gasteiger partial charge in [0.15, 0.2) is 0 Å². The van der Waals surface area contributed by atoms with E-state index < -0.39 is 0 Å². The molecule has 0 aliphatic carbocycles. The van der Waals surface area contributed by atoms with Crippen molar-refractivity contribution in [3.63, 3.8) is 0 Å². The Morgan fingerprint density at radius 1 is 1.33 bits per heavy atom. The third-order valence-corrected chi connectivity index (χ3v) is 5.65. The number of hydrogen-bond donors (Lipinski definition) is 0. The van der Waals surface area contributed by atoms with Gasteiger partial charge in [0.1, 0.15) is 11.4 Å². The van der Waals surface area contributed by atoms with Crippen molar-refractivity contribution in [3.8, 4) is 5.75 Å². The van der Waals surface area contributed by atoms with Crippen molar-refractivity contribution in [1.82, 2.24) is 0 Å². The summed E-state index contributed by atoms with van der Waals surface area (Å²) in [5.74, 6) is 1.13. The molecule has 0 amide bonds. The first-order valence-corrected chi connectivity index (χ1v) is 8.64. The van der Waals surface area contributed by atoms with E-state index in [4.69, 9.17) is 18.9 Å². The summed E-state index contributed by atoms with van der Waals surface area (Å²) in [6, 6.07) is 5.48. The molecule has 3 aliphatic rings. The molecule has 1 aromatic carbocycles. The van der Waals surface area contributed by atoms with Crippen molar-refractivity contribution < 1.29 is 23.7 Å².